The van der Waals surface area contributed by atoms with E-state index in [0.717, 1.165) is 27.8 Å². The summed E-state index contributed by atoms with van der Waals surface area (Å²) >= 11 is 0. The molecule has 0 atom stereocenters. The normalized spacial score (nSPS) is 12.4. The molecule has 0 unspecified atom stereocenters. The lowest BCUT2D eigenvalue weighted by molar-refractivity contribution is 0.471. The van der Waals surface area contributed by atoms with Crippen LogP contribution in [0.3, 0.4) is 0 Å². The summed E-state index contributed by atoms with van der Waals surface area (Å²) in [5, 5.41) is 0. The summed E-state index contributed by atoms with van der Waals surface area (Å²) in [5.74, 6) is 0. The lowest BCUT2D eigenvalue weighted by Gasteiger charge is -2.28. The molecule has 0 saturated heterocycles. The van der Waals surface area contributed by atoms with Crippen LogP contribution in [-0.2, 0) is 15.6 Å². The van der Waals surface area contributed by atoms with E-state index in [9.17, 15) is 8.42 Å². The average Bonchev–Trinajstić information content (AvgIpc) is 2.45. The molecule has 0 heterocycles. The number of nitrogens with one attached hydrogen (secondary N) is 1. The van der Waals surface area contributed by atoms with Gasteiger partial charge < -0.3 is 0 Å². The largest absolute Gasteiger partial charge is 0.241 e. The van der Waals surface area contributed by atoms with Crippen molar-refractivity contribution < 1.29 is 8.42 Å². The summed E-state index contributed by atoms with van der Waals surface area (Å²) < 4.78 is 29.0. The van der Waals surface area contributed by atoms with Gasteiger partial charge in [0.2, 0.25) is 10.0 Å². The Balaban J connectivity index is 2.53. The van der Waals surface area contributed by atoms with Crippen molar-refractivity contribution in [2.45, 2.75) is 52.0 Å². The van der Waals surface area contributed by atoms with E-state index in [1.54, 1.807) is 0 Å². The first kappa shape index (κ1) is 17.7. The highest BCUT2D eigenvalue weighted by Gasteiger charge is 2.30. The van der Waals surface area contributed by atoms with Gasteiger partial charge in [-0.3, -0.25) is 0 Å². The Labute approximate surface area is 139 Å². The Bertz CT molecular complexity index is 796. The van der Waals surface area contributed by atoms with Crippen LogP contribution in [0.2, 0.25) is 0 Å². The van der Waals surface area contributed by atoms with Crippen LogP contribution in [-0.4, -0.2) is 8.42 Å². The van der Waals surface area contributed by atoms with E-state index >= 15 is 0 Å². The van der Waals surface area contributed by atoms with Crippen molar-refractivity contribution in [1.29, 1.82) is 0 Å². The van der Waals surface area contributed by atoms with Gasteiger partial charge in [0.05, 0.1) is 10.4 Å². The maximum atomic E-state index is 13.1. The molecule has 0 aliphatic carbocycles. The number of hydrogen-bond acceptors (Lipinski definition) is 2. The maximum Gasteiger partial charge on any atom is 0.241 e. The fourth-order valence-corrected chi connectivity index (χ4v) is 4.90. The fraction of sp³-hybridized carbons (Fsp3) is 0.368. The molecule has 0 aliphatic rings. The number of aryl methyl sites for hydroxylation is 2. The third-order valence-corrected chi connectivity index (χ3v) is 6.38. The Kier molecular flexibility index (Phi) is 4.69. The first-order chi connectivity index (χ1) is 10.6. The summed E-state index contributed by atoms with van der Waals surface area (Å²) in [7, 11) is -3.62. The maximum absolute atomic E-state index is 13.1. The summed E-state index contributed by atoms with van der Waals surface area (Å²) in [6.07, 6.45) is 0. The minimum atomic E-state index is -3.62. The number of hydrogen-bond donors (Lipinski definition) is 1. The zero-order valence-electron chi connectivity index (χ0n) is 14.7. The van der Waals surface area contributed by atoms with Gasteiger partial charge in [0, 0.05) is 0 Å². The van der Waals surface area contributed by atoms with Crippen LogP contribution in [0, 0.1) is 27.7 Å². The van der Waals surface area contributed by atoms with Gasteiger partial charge in [0.15, 0.2) is 0 Å². The monoisotopic (exact) mass is 331 g/mol. The first-order valence-corrected chi connectivity index (χ1v) is 9.21. The van der Waals surface area contributed by atoms with Gasteiger partial charge in [0.1, 0.15) is 0 Å². The predicted molar refractivity (Wildman–Crippen MR) is 95.2 cm³/mol. The summed E-state index contributed by atoms with van der Waals surface area (Å²) in [5.41, 5.74) is 3.85. The van der Waals surface area contributed by atoms with E-state index in [1.807, 2.05) is 77.9 Å². The molecule has 0 saturated carbocycles. The molecular weight excluding hydrogens is 306 g/mol. The van der Waals surface area contributed by atoms with Crippen LogP contribution < -0.4 is 4.72 Å². The lowest BCUT2D eigenvalue weighted by atomic mass is 9.96. The Morgan fingerprint density at radius 3 is 1.83 bits per heavy atom. The number of benzene rings is 2. The Hall–Kier alpha value is -1.65. The van der Waals surface area contributed by atoms with Crippen LogP contribution in [0.25, 0.3) is 0 Å². The fourth-order valence-electron chi connectivity index (χ4n) is 2.88. The molecule has 0 aliphatic heterocycles. The van der Waals surface area contributed by atoms with E-state index in [2.05, 4.69) is 4.72 Å². The molecule has 2 aromatic carbocycles. The van der Waals surface area contributed by atoms with Crippen molar-refractivity contribution in [1.82, 2.24) is 4.72 Å². The summed E-state index contributed by atoms with van der Waals surface area (Å²) in [6, 6.07) is 11.7. The highest BCUT2D eigenvalue weighted by Crippen LogP contribution is 2.29. The highest BCUT2D eigenvalue weighted by molar-refractivity contribution is 7.89. The van der Waals surface area contributed by atoms with Gasteiger partial charge in [-0.15, -0.1) is 0 Å². The van der Waals surface area contributed by atoms with Crippen LogP contribution in [0.1, 0.15) is 41.7 Å². The third kappa shape index (κ3) is 3.48. The minimum Gasteiger partial charge on any atom is -0.207 e. The molecule has 23 heavy (non-hydrogen) atoms. The van der Waals surface area contributed by atoms with Crippen molar-refractivity contribution in [3.05, 3.63) is 64.2 Å². The topological polar surface area (TPSA) is 46.2 Å². The average molecular weight is 331 g/mol. The summed E-state index contributed by atoms with van der Waals surface area (Å²) in [6.45, 7) is 11.4. The van der Waals surface area contributed by atoms with Gasteiger partial charge in [-0.25, -0.2) is 13.1 Å². The molecule has 4 heteroatoms. The molecule has 0 amide bonds. The zero-order valence-corrected chi connectivity index (χ0v) is 15.5. The highest BCUT2D eigenvalue weighted by atomic mass is 32.2. The van der Waals surface area contributed by atoms with E-state index in [0.29, 0.717) is 4.90 Å². The predicted octanol–water partition coefficient (Wildman–Crippen LogP) is 4.13. The zero-order chi connectivity index (χ0) is 17.4. The molecule has 2 aromatic rings. The van der Waals surface area contributed by atoms with E-state index in [1.165, 1.54) is 0 Å². The second kappa shape index (κ2) is 6.10. The lowest BCUT2D eigenvalue weighted by Crippen LogP contribution is -2.41. The second-order valence-corrected chi connectivity index (χ2v) is 8.31. The molecule has 0 aromatic heterocycles. The SMILES string of the molecule is Cc1cc(C)c(C)c(S(=O)(=O)NC(C)(C)c2ccccc2)c1C. The van der Waals surface area contributed by atoms with Crippen molar-refractivity contribution in [3.63, 3.8) is 0 Å². The molecule has 1 N–H and O–H groups in total. The Morgan fingerprint density at radius 2 is 1.35 bits per heavy atom. The smallest absolute Gasteiger partial charge is 0.207 e. The van der Waals surface area contributed by atoms with Crippen LogP contribution in [0.5, 0.6) is 0 Å². The molecule has 2 rings (SSSR count). The van der Waals surface area contributed by atoms with Crippen molar-refractivity contribution >= 4 is 10.0 Å². The van der Waals surface area contributed by atoms with E-state index in [4.69, 9.17) is 0 Å². The van der Waals surface area contributed by atoms with Crippen LogP contribution in [0.4, 0.5) is 0 Å². The van der Waals surface area contributed by atoms with Crippen LogP contribution in [0.15, 0.2) is 41.3 Å². The van der Waals surface area contributed by atoms with Gasteiger partial charge >= 0.3 is 0 Å². The van der Waals surface area contributed by atoms with Gasteiger partial charge in [-0.05, 0) is 69.4 Å². The molecule has 124 valence electrons. The Morgan fingerprint density at radius 1 is 0.870 bits per heavy atom. The molecule has 3 nitrogen and oxygen atoms in total. The molecule has 0 fully saturated rings. The van der Waals surface area contributed by atoms with Crippen molar-refractivity contribution in [2.24, 2.45) is 0 Å². The van der Waals surface area contributed by atoms with Gasteiger partial charge in [-0.1, -0.05) is 36.4 Å². The number of sulfonamides is 1. The minimum absolute atomic E-state index is 0.402. The number of rotatable bonds is 4. The molecule has 0 bridgehead atoms. The standard InChI is InChI=1S/C19H25NO2S/c1-13-12-14(2)16(4)18(15(13)3)23(21,22)20-19(5,6)17-10-8-7-9-11-17/h7-12,20H,1-6H3. The molecular formula is C19H25NO2S. The van der Waals surface area contributed by atoms with E-state index in [-0.39, 0.29) is 0 Å². The quantitative estimate of drug-likeness (QED) is 0.915. The van der Waals surface area contributed by atoms with Crippen molar-refractivity contribution in [3.8, 4) is 0 Å². The third-order valence-electron chi connectivity index (χ3n) is 4.45. The second-order valence-electron chi connectivity index (χ2n) is 6.69. The van der Waals surface area contributed by atoms with E-state index < -0.39 is 15.6 Å². The van der Waals surface area contributed by atoms with Crippen LogP contribution >= 0.6 is 0 Å². The first-order valence-electron chi connectivity index (χ1n) is 7.73. The molecule has 0 radical (unpaired) electrons. The summed E-state index contributed by atoms with van der Waals surface area (Å²) in [4.78, 5) is 0.402. The van der Waals surface area contributed by atoms with Gasteiger partial charge in [0.25, 0.3) is 0 Å². The van der Waals surface area contributed by atoms with Gasteiger partial charge in [-0.2, -0.15) is 0 Å². The van der Waals surface area contributed by atoms with Crippen molar-refractivity contribution in [2.75, 3.05) is 0 Å². The molecule has 0 spiro atoms.